The van der Waals surface area contributed by atoms with E-state index in [4.69, 9.17) is 5.11 Å². The van der Waals surface area contributed by atoms with Crippen LogP contribution in [0.4, 0.5) is 5.95 Å². The number of anilines is 1. The van der Waals surface area contributed by atoms with Crippen molar-refractivity contribution in [2.24, 2.45) is 7.05 Å². The highest BCUT2D eigenvalue weighted by molar-refractivity contribution is 8.00. The van der Waals surface area contributed by atoms with Crippen LogP contribution in [0.1, 0.15) is 13.8 Å². The Bertz CT molecular complexity index is 855. The van der Waals surface area contributed by atoms with Crippen molar-refractivity contribution < 1.29 is 9.90 Å². The number of aliphatic carboxylic acids is 1. The van der Waals surface area contributed by atoms with E-state index in [1.165, 1.54) is 4.57 Å². The monoisotopic (exact) mass is 366 g/mol. The van der Waals surface area contributed by atoms with Gasteiger partial charge in [-0.15, -0.1) is 0 Å². The standard InChI is InChI=1S/C15H22N6O3S/c1-4-21-10-11(17-14(21)20-7-5-16-6-8-20)18-15(19(3)12(10)22)25-9(2)13(23)24/h9,16H,4-8H2,1-3H3,(H,23,24). The third kappa shape index (κ3) is 3.23. The maximum atomic E-state index is 12.8. The molecule has 1 aliphatic heterocycles. The molecule has 2 aromatic rings. The van der Waals surface area contributed by atoms with Crippen LogP contribution in [-0.2, 0) is 18.4 Å². The van der Waals surface area contributed by atoms with Crippen LogP contribution in [0.3, 0.4) is 0 Å². The maximum absolute atomic E-state index is 12.8. The van der Waals surface area contributed by atoms with Crippen LogP contribution in [0.2, 0.25) is 0 Å². The Labute approximate surface area is 149 Å². The van der Waals surface area contributed by atoms with Crippen LogP contribution in [0, 0.1) is 0 Å². The third-order valence-corrected chi connectivity index (χ3v) is 5.40. The molecule has 2 aromatic heterocycles. The number of nitrogens with zero attached hydrogens (tertiary/aromatic N) is 5. The van der Waals surface area contributed by atoms with Crippen molar-refractivity contribution in [3.8, 4) is 0 Å². The number of fused-ring (bicyclic) bond motifs is 1. The average molecular weight is 366 g/mol. The van der Waals surface area contributed by atoms with E-state index in [2.05, 4.69) is 20.2 Å². The summed E-state index contributed by atoms with van der Waals surface area (Å²) in [4.78, 5) is 35.2. The molecule has 136 valence electrons. The third-order valence-electron chi connectivity index (χ3n) is 4.27. The quantitative estimate of drug-likeness (QED) is 0.568. The fourth-order valence-corrected chi connectivity index (χ4v) is 3.65. The zero-order valence-corrected chi connectivity index (χ0v) is 15.3. The Morgan fingerprint density at radius 2 is 2.04 bits per heavy atom. The number of imidazole rings is 1. The van der Waals surface area contributed by atoms with Crippen LogP contribution < -0.4 is 15.8 Å². The first-order chi connectivity index (χ1) is 11.9. The topological polar surface area (TPSA) is 105 Å². The van der Waals surface area contributed by atoms with Gasteiger partial charge >= 0.3 is 5.97 Å². The number of rotatable bonds is 5. The number of carboxylic acid groups (broad SMARTS) is 1. The minimum Gasteiger partial charge on any atom is -0.480 e. The Morgan fingerprint density at radius 1 is 1.36 bits per heavy atom. The van der Waals surface area contributed by atoms with E-state index in [0.29, 0.717) is 22.9 Å². The fraction of sp³-hybridized carbons (Fsp3) is 0.600. The van der Waals surface area contributed by atoms with Gasteiger partial charge in [0.2, 0.25) is 5.95 Å². The van der Waals surface area contributed by atoms with E-state index in [9.17, 15) is 9.59 Å². The molecular weight excluding hydrogens is 344 g/mol. The zero-order valence-electron chi connectivity index (χ0n) is 14.5. The highest BCUT2D eigenvalue weighted by Crippen LogP contribution is 2.24. The summed E-state index contributed by atoms with van der Waals surface area (Å²) in [7, 11) is 1.61. The molecule has 3 heterocycles. The summed E-state index contributed by atoms with van der Waals surface area (Å²) >= 11 is 1.05. The summed E-state index contributed by atoms with van der Waals surface area (Å²) in [5.74, 6) is -0.197. The molecule has 0 saturated carbocycles. The lowest BCUT2D eigenvalue weighted by Gasteiger charge is -2.28. The van der Waals surface area contributed by atoms with Crippen molar-refractivity contribution in [2.45, 2.75) is 30.8 Å². The first-order valence-electron chi connectivity index (χ1n) is 8.26. The molecule has 0 radical (unpaired) electrons. The molecule has 25 heavy (non-hydrogen) atoms. The molecule has 1 aliphatic rings. The van der Waals surface area contributed by atoms with Gasteiger partial charge in [-0.2, -0.15) is 4.98 Å². The number of aromatic nitrogens is 4. The van der Waals surface area contributed by atoms with E-state index in [0.717, 1.165) is 43.9 Å². The number of carbonyl (C=O) groups is 1. The molecule has 3 rings (SSSR count). The predicted molar refractivity (Wildman–Crippen MR) is 96.5 cm³/mol. The fourth-order valence-electron chi connectivity index (χ4n) is 2.85. The van der Waals surface area contributed by atoms with Gasteiger partial charge in [-0.1, -0.05) is 11.8 Å². The minimum atomic E-state index is -0.945. The summed E-state index contributed by atoms with van der Waals surface area (Å²) < 4.78 is 3.30. The second kappa shape index (κ2) is 7.04. The van der Waals surface area contributed by atoms with Gasteiger partial charge in [0.05, 0.1) is 0 Å². The lowest BCUT2D eigenvalue weighted by Crippen LogP contribution is -2.44. The van der Waals surface area contributed by atoms with Crippen LogP contribution >= 0.6 is 11.8 Å². The van der Waals surface area contributed by atoms with Gasteiger partial charge in [0.15, 0.2) is 16.3 Å². The smallest absolute Gasteiger partial charge is 0.316 e. The zero-order chi connectivity index (χ0) is 18.1. The van der Waals surface area contributed by atoms with E-state index < -0.39 is 11.2 Å². The molecule has 2 N–H and O–H groups in total. The van der Waals surface area contributed by atoms with Gasteiger partial charge in [-0.3, -0.25) is 14.2 Å². The molecule has 9 nitrogen and oxygen atoms in total. The average Bonchev–Trinajstić information content (AvgIpc) is 2.98. The van der Waals surface area contributed by atoms with Crippen LogP contribution in [-0.4, -0.2) is 61.6 Å². The lowest BCUT2D eigenvalue weighted by molar-refractivity contribution is -0.136. The van der Waals surface area contributed by atoms with Gasteiger partial charge in [-0.05, 0) is 13.8 Å². The van der Waals surface area contributed by atoms with Crippen molar-refractivity contribution in [1.29, 1.82) is 0 Å². The van der Waals surface area contributed by atoms with E-state index >= 15 is 0 Å². The normalized spacial score (nSPS) is 16.4. The number of hydrogen-bond acceptors (Lipinski definition) is 7. The predicted octanol–water partition coefficient (Wildman–Crippen LogP) is 0.125. The number of thioether (sulfide) groups is 1. The highest BCUT2D eigenvalue weighted by atomic mass is 32.2. The van der Waals surface area contributed by atoms with E-state index in [-0.39, 0.29) is 5.56 Å². The largest absolute Gasteiger partial charge is 0.480 e. The summed E-state index contributed by atoms with van der Waals surface area (Å²) in [6.07, 6.45) is 0. The van der Waals surface area contributed by atoms with Gasteiger partial charge in [0.25, 0.3) is 5.56 Å². The van der Waals surface area contributed by atoms with Crippen LogP contribution in [0.5, 0.6) is 0 Å². The van der Waals surface area contributed by atoms with Crippen molar-refractivity contribution in [2.75, 3.05) is 31.1 Å². The SMILES string of the molecule is CCn1c(N2CCNCC2)nc2nc(SC(C)C(=O)O)n(C)c(=O)c21. The lowest BCUT2D eigenvalue weighted by atomic mass is 10.4. The Kier molecular flexibility index (Phi) is 5.00. The molecule has 1 atom stereocenters. The first-order valence-corrected chi connectivity index (χ1v) is 9.14. The molecule has 1 unspecified atom stereocenters. The maximum Gasteiger partial charge on any atom is 0.316 e. The first kappa shape index (κ1) is 17.7. The minimum absolute atomic E-state index is 0.208. The summed E-state index contributed by atoms with van der Waals surface area (Å²) in [5.41, 5.74) is 0.630. The number of nitrogens with one attached hydrogen (secondary N) is 1. The van der Waals surface area contributed by atoms with Crippen molar-refractivity contribution in [1.82, 2.24) is 24.4 Å². The molecule has 1 fully saturated rings. The molecule has 0 aliphatic carbocycles. The second-order valence-electron chi connectivity index (χ2n) is 5.92. The Hall–Kier alpha value is -2.07. The summed E-state index contributed by atoms with van der Waals surface area (Å²) in [6.45, 7) is 7.54. The van der Waals surface area contributed by atoms with Gasteiger partial charge in [0, 0.05) is 39.8 Å². The van der Waals surface area contributed by atoms with Crippen LogP contribution in [0.25, 0.3) is 11.2 Å². The molecule has 0 amide bonds. The van der Waals surface area contributed by atoms with Crippen molar-refractivity contribution in [3.05, 3.63) is 10.4 Å². The molecule has 10 heteroatoms. The van der Waals surface area contributed by atoms with Gasteiger partial charge in [0.1, 0.15) is 5.25 Å². The molecule has 0 spiro atoms. The van der Waals surface area contributed by atoms with E-state index in [1.807, 2.05) is 11.5 Å². The second-order valence-corrected chi connectivity index (χ2v) is 7.23. The molecule has 0 bridgehead atoms. The summed E-state index contributed by atoms with van der Waals surface area (Å²) in [5, 5.41) is 12.1. The van der Waals surface area contributed by atoms with Crippen molar-refractivity contribution >= 4 is 34.8 Å². The highest BCUT2D eigenvalue weighted by Gasteiger charge is 2.24. The molecule has 0 aromatic carbocycles. The molecule has 1 saturated heterocycles. The van der Waals surface area contributed by atoms with Gasteiger partial charge in [-0.25, -0.2) is 4.98 Å². The van der Waals surface area contributed by atoms with Crippen LogP contribution in [0.15, 0.2) is 9.95 Å². The van der Waals surface area contributed by atoms with E-state index in [1.54, 1.807) is 14.0 Å². The number of aryl methyl sites for hydroxylation is 1. The van der Waals surface area contributed by atoms with Gasteiger partial charge < -0.3 is 19.9 Å². The number of piperazine rings is 1. The number of carboxylic acids is 1. The number of hydrogen-bond donors (Lipinski definition) is 2. The summed E-state index contributed by atoms with van der Waals surface area (Å²) in [6, 6.07) is 0. The Morgan fingerprint density at radius 3 is 2.64 bits per heavy atom. The molecular formula is C15H22N6O3S. The Balaban J connectivity index is 2.11. The van der Waals surface area contributed by atoms with Crippen molar-refractivity contribution in [3.63, 3.8) is 0 Å².